The molecule has 148 valence electrons. The van der Waals surface area contributed by atoms with E-state index >= 15 is 0 Å². The van der Waals surface area contributed by atoms with Gasteiger partial charge < -0.3 is 14.7 Å². The van der Waals surface area contributed by atoms with Crippen LogP contribution in [0.3, 0.4) is 0 Å². The van der Waals surface area contributed by atoms with Crippen molar-refractivity contribution in [3.8, 4) is 0 Å². The SMILES string of the molecule is O=C(O)c1cnn(C2CCN(C(=O)C3CCCOC3c3ccccc3)CC2)c1. The second kappa shape index (κ2) is 8.14. The first-order valence-corrected chi connectivity index (χ1v) is 9.86. The van der Waals surface area contributed by atoms with Crippen molar-refractivity contribution in [3.63, 3.8) is 0 Å². The van der Waals surface area contributed by atoms with Crippen LogP contribution in [0.25, 0.3) is 0 Å². The highest BCUT2D eigenvalue weighted by molar-refractivity contribution is 5.86. The zero-order valence-electron chi connectivity index (χ0n) is 15.7. The van der Waals surface area contributed by atoms with Crippen molar-refractivity contribution < 1.29 is 19.4 Å². The number of nitrogens with zero attached hydrogens (tertiary/aromatic N) is 3. The second-order valence-electron chi connectivity index (χ2n) is 7.52. The number of hydrogen-bond acceptors (Lipinski definition) is 4. The summed E-state index contributed by atoms with van der Waals surface area (Å²) < 4.78 is 7.71. The van der Waals surface area contributed by atoms with Gasteiger partial charge in [0.2, 0.25) is 5.91 Å². The molecule has 1 amide bonds. The Morgan fingerprint density at radius 3 is 2.54 bits per heavy atom. The van der Waals surface area contributed by atoms with E-state index in [9.17, 15) is 9.59 Å². The van der Waals surface area contributed by atoms with E-state index in [1.165, 1.54) is 6.20 Å². The largest absolute Gasteiger partial charge is 0.478 e. The van der Waals surface area contributed by atoms with Gasteiger partial charge in [-0.15, -0.1) is 0 Å². The third-order valence-electron chi connectivity index (χ3n) is 5.77. The highest BCUT2D eigenvalue weighted by Gasteiger charge is 2.37. The molecule has 2 atom stereocenters. The van der Waals surface area contributed by atoms with Crippen molar-refractivity contribution in [2.45, 2.75) is 37.8 Å². The molecule has 0 radical (unpaired) electrons. The van der Waals surface area contributed by atoms with Crippen molar-refractivity contribution in [1.82, 2.24) is 14.7 Å². The number of rotatable bonds is 4. The van der Waals surface area contributed by atoms with Gasteiger partial charge >= 0.3 is 5.97 Å². The number of carbonyl (C=O) groups is 2. The van der Waals surface area contributed by atoms with Gasteiger partial charge in [-0.3, -0.25) is 9.48 Å². The summed E-state index contributed by atoms with van der Waals surface area (Å²) in [5, 5.41) is 13.2. The van der Waals surface area contributed by atoms with E-state index in [4.69, 9.17) is 9.84 Å². The molecule has 0 bridgehead atoms. The molecule has 2 aromatic rings. The number of hydrogen-bond donors (Lipinski definition) is 1. The van der Waals surface area contributed by atoms with Crippen LogP contribution in [0.2, 0.25) is 0 Å². The molecular weight excluding hydrogens is 358 g/mol. The Morgan fingerprint density at radius 2 is 1.86 bits per heavy atom. The highest BCUT2D eigenvalue weighted by Crippen LogP contribution is 2.36. The van der Waals surface area contributed by atoms with Gasteiger partial charge in [-0.2, -0.15) is 5.10 Å². The van der Waals surface area contributed by atoms with Crippen molar-refractivity contribution in [1.29, 1.82) is 0 Å². The Morgan fingerprint density at radius 1 is 1.11 bits per heavy atom. The van der Waals surface area contributed by atoms with E-state index < -0.39 is 5.97 Å². The lowest BCUT2D eigenvalue weighted by Gasteiger charge is -2.38. The predicted octanol–water partition coefficient (Wildman–Crippen LogP) is 2.91. The Kier molecular flexibility index (Phi) is 5.43. The van der Waals surface area contributed by atoms with Gasteiger partial charge in [-0.25, -0.2) is 4.79 Å². The van der Waals surface area contributed by atoms with Crippen molar-refractivity contribution >= 4 is 11.9 Å². The summed E-state index contributed by atoms with van der Waals surface area (Å²) in [6, 6.07) is 10.1. The smallest absolute Gasteiger partial charge is 0.338 e. The number of aromatic carboxylic acids is 1. The average Bonchev–Trinajstić information content (AvgIpc) is 3.25. The summed E-state index contributed by atoms with van der Waals surface area (Å²) in [5.41, 5.74) is 1.26. The summed E-state index contributed by atoms with van der Waals surface area (Å²) in [5.74, 6) is -0.946. The minimum atomic E-state index is -0.969. The van der Waals surface area contributed by atoms with E-state index in [0.29, 0.717) is 19.7 Å². The van der Waals surface area contributed by atoms with Crippen molar-refractivity contribution in [2.24, 2.45) is 5.92 Å². The van der Waals surface area contributed by atoms with Crippen LogP contribution >= 0.6 is 0 Å². The quantitative estimate of drug-likeness (QED) is 0.878. The summed E-state index contributed by atoms with van der Waals surface area (Å²) in [4.78, 5) is 26.2. The van der Waals surface area contributed by atoms with Gasteiger partial charge in [0.1, 0.15) is 0 Å². The molecule has 2 fully saturated rings. The predicted molar refractivity (Wildman–Crippen MR) is 102 cm³/mol. The van der Waals surface area contributed by atoms with Crippen LogP contribution in [0, 0.1) is 5.92 Å². The maximum Gasteiger partial charge on any atom is 0.338 e. The van der Waals surface area contributed by atoms with E-state index in [1.54, 1.807) is 10.9 Å². The Hall–Kier alpha value is -2.67. The van der Waals surface area contributed by atoms with Crippen LogP contribution in [0.1, 0.15) is 53.8 Å². The second-order valence-corrected chi connectivity index (χ2v) is 7.52. The topological polar surface area (TPSA) is 84.7 Å². The molecule has 2 aliphatic rings. The minimum absolute atomic E-state index is 0.129. The molecule has 4 rings (SSSR count). The number of carboxylic acids is 1. The normalized spacial score (nSPS) is 23.5. The fraction of sp³-hybridized carbons (Fsp3) is 0.476. The first kappa shape index (κ1) is 18.7. The molecule has 3 heterocycles. The molecule has 0 saturated carbocycles. The standard InChI is InChI=1S/C21H25N3O4/c25-20(18-7-4-12-28-19(18)15-5-2-1-3-6-15)23-10-8-17(9-11-23)24-14-16(13-22-24)21(26)27/h1-3,5-6,13-14,17-19H,4,7-12H2,(H,26,27). The van der Waals surface area contributed by atoms with E-state index in [2.05, 4.69) is 5.10 Å². The molecule has 1 aromatic heterocycles. The summed E-state index contributed by atoms with van der Waals surface area (Å²) in [7, 11) is 0. The lowest BCUT2D eigenvalue weighted by molar-refractivity contribution is -0.146. The zero-order chi connectivity index (χ0) is 19.5. The van der Waals surface area contributed by atoms with Crippen LogP contribution in [0.15, 0.2) is 42.7 Å². The third-order valence-corrected chi connectivity index (χ3v) is 5.77. The van der Waals surface area contributed by atoms with Crippen molar-refractivity contribution in [2.75, 3.05) is 19.7 Å². The molecule has 2 aliphatic heterocycles. The summed E-state index contributed by atoms with van der Waals surface area (Å²) >= 11 is 0. The Labute approximate surface area is 163 Å². The van der Waals surface area contributed by atoms with Crippen LogP contribution < -0.4 is 0 Å². The number of ether oxygens (including phenoxy) is 1. The zero-order valence-corrected chi connectivity index (χ0v) is 15.7. The molecule has 2 saturated heterocycles. The first-order valence-electron chi connectivity index (χ1n) is 9.86. The van der Waals surface area contributed by atoms with Crippen LogP contribution in [-0.2, 0) is 9.53 Å². The highest BCUT2D eigenvalue weighted by atomic mass is 16.5. The molecule has 7 nitrogen and oxygen atoms in total. The lowest BCUT2D eigenvalue weighted by Crippen LogP contribution is -2.45. The van der Waals surface area contributed by atoms with Gasteiger partial charge in [-0.05, 0) is 31.2 Å². The molecule has 0 spiro atoms. The summed E-state index contributed by atoms with van der Waals surface area (Å²) in [6.07, 6.45) is 6.08. The number of piperidine rings is 1. The Bertz CT molecular complexity index is 827. The molecule has 7 heteroatoms. The van der Waals surface area contributed by atoms with Crippen LogP contribution in [-0.4, -0.2) is 51.4 Å². The first-order chi connectivity index (χ1) is 13.6. The number of benzene rings is 1. The maximum atomic E-state index is 13.2. The third kappa shape index (κ3) is 3.80. The average molecular weight is 383 g/mol. The lowest BCUT2D eigenvalue weighted by atomic mass is 9.87. The number of carboxylic acid groups (broad SMARTS) is 1. The van der Waals surface area contributed by atoms with Gasteiger partial charge in [0.05, 0.1) is 29.8 Å². The monoisotopic (exact) mass is 383 g/mol. The van der Waals surface area contributed by atoms with Gasteiger partial charge in [-0.1, -0.05) is 30.3 Å². The maximum absolute atomic E-state index is 13.2. The van der Waals surface area contributed by atoms with Gasteiger partial charge in [0.25, 0.3) is 0 Å². The fourth-order valence-electron chi connectivity index (χ4n) is 4.24. The van der Waals surface area contributed by atoms with Gasteiger partial charge in [0, 0.05) is 25.9 Å². The number of likely N-dealkylation sites (tertiary alicyclic amines) is 1. The molecule has 1 aromatic carbocycles. The van der Waals surface area contributed by atoms with Crippen LogP contribution in [0.4, 0.5) is 0 Å². The van der Waals surface area contributed by atoms with E-state index in [0.717, 1.165) is 31.2 Å². The summed E-state index contributed by atoms with van der Waals surface area (Å²) in [6.45, 7) is 2.00. The Balaban J connectivity index is 1.40. The van der Waals surface area contributed by atoms with E-state index in [1.807, 2.05) is 35.2 Å². The van der Waals surface area contributed by atoms with E-state index in [-0.39, 0.29) is 29.5 Å². The van der Waals surface area contributed by atoms with Crippen LogP contribution in [0.5, 0.6) is 0 Å². The molecule has 28 heavy (non-hydrogen) atoms. The van der Waals surface area contributed by atoms with Crippen molar-refractivity contribution in [3.05, 3.63) is 53.9 Å². The molecule has 1 N–H and O–H groups in total. The van der Waals surface area contributed by atoms with Gasteiger partial charge in [0.15, 0.2) is 0 Å². The number of aromatic nitrogens is 2. The molecule has 0 aliphatic carbocycles. The fourth-order valence-corrected chi connectivity index (χ4v) is 4.24. The molecule has 2 unspecified atom stereocenters. The minimum Gasteiger partial charge on any atom is -0.478 e. The number of carbonyl (C=O) groups excluding carboxylic acids is 1. The molecular formula is C21H25N3O4. The number of amides is 1.